The molecule has 0 bridgehead atoms. The third-order valence-electron chi connectivity index (χ3n) is 1.79. The highest BCUT2D eigenvalue weighted by Crippen LogP contribution is 2.18. The third kappa shape index (κ3) is 3.71. The summed E-state index contributed by atoms with van der Waals surface area (Å²) in [6.07, 6.45) is 0.552. The standard InChI is InChI=1S/C9H10Br2O2S/c10-9(11)14(12,13)7-6-8-4-2-1-3-5-8/h1-5,9H,6-7H2. The van der Waals surface area contributed by atoms with Gasteiger partial charge in [0.15, 0.2) is 12.9 Å². The van der Waals surface area contributed by atoms with Crippen molar-refractivity contribution in [2.45, 2.75) is 9.49 Å². The lowest BCUT2D eigenvalue weighted by Gasteiger charge is -2.04. The molecule has 14 heavy (non-hydrogen) atoms. The van der Waals surface area contributed by atoms with Crippen LogP contribution in [0, 0.1) is 0 Å². The second-order valence-electron chi connectivity index (χ2n) is 2.86. The van der Waals surface area contributed by atoms with Crippen molar-refractivity contribution < 1.29 is 8.42 Å². The van der Waals surface area contributed by atoms with E-state index in [4.69, 9.17) is 0 Å². The van der Waals surface area contributed by atoms with Gasteiger partial charge in [0.25, 0.3) is 0 Å². The minimum atomic E-state index is -3.06. The average molecular weight is 342 g/mol. The molecule has 1 aromatic carbocycles. The van der Waals surface area contributed by atoms with E-state index in [1.165, 1.54) is 0 Å². The van der Waals surface area contributed by atoms with Crippen LogP contribution in [0.1, 0.15) is 5.56 Å². The Balaban J connectivity index is 2.58. The first kappa shape index (κ1) is 12.2. The van der Waals surface area contributed by atoms with Crippen molar-refractivity contribution in [1.82, 2.24) is 0 Å². The van der Waals surface area contributed by atoms with E-state index in [1.54, 1.807) is 0 Å². The average Bonchev–Trinajstić information content (AvgIpc) is 2.16. The first-order valence-electron chi connectivity index (χ1n) is 4.06. The molecule has 0 saturated carbocycles. The number of halogens is 2. The zero-order valence-electron chi connectivity index (χ0n) is 7.36. The number of hydrogen-bond acceptors (Lipinski definition) is 2. The monoisotopic (exact) mass is 340 g/mol. The van der Waals surface area contributed by atoms with Crippen LogP contribution in [0.2, 0.25) is 0 Å². The molecular weight excluding hydrogens is 332 g/mol. The summed E-state index contributed by atoms with van der Waals surface area (Å²) in [7, 11) is -3.06. The first-order chi connectivity index (χ1) is 6.52. The van der Waals surface area contributed by atoms with E-state index in [-0.39, 0.29) is 5.75 Å². The van der Waals surface area contributed by atoms with Gasteiger partial charge in [-0.2, -0.15) is 0 Å². The molecule has 0 radical (unpaired) electrons. The number of benzene rings is 1. The fourth-order valence-electron chi connectivity index (χ4n) is 0.994. The molecule has 0 aliphatic heterocycles. The molecule has 0 fully saturated rings. The molecular formula is C9H10Br2O2S. The summed E-state index contributed by atoms with van der Waals surface area (Å²) in [6.45, 7) is 0. The lowest BCUT2D eigenvalue weighted by molar-refractivity contribution is 0.599. The van der Waals surface area contributed by atoms with Crippen LogP contribution in [0.4, 0.5) is 0 Å². The van der Waals surface area contributed by atoms with Crippen LogP contribution >= 0.6 is 31.9 Å². The number of hydrogen-bond donors (Lipinski definition) is 0. The molecule has 0 aliphatic rings. The fourth-order valence-corrected chi connectivity index (χ4v) is 2.81. The van der Waals surface area contributed by atoms with Gasteiger partial charge in [-0.15, -0.1) is 0 Å². The van der Waals surface area contributed by atoms with Gasteiger partial charge in [-0.05, 0) is 12.0 Å². The highest BCUT2D eigenvalue weighted by molar-refractivity contribution is 9.27. The van der Waals surface area contributed by atoms with Crippen LogP contribution in [0.15, 0.2) is 30.3 Å². The molecule has 78 valence electrons. The van der Waals surface area contributed by atoms with E-state index in [0.717, 1.165) is 5.56 Å². The summed E-state index contributed by atoms with van der Waals surface area (Å²) in [6, 6.07) is 9.57. The Morgan fingerprint density at radius 1 is 1.14 bits per heavy atom. The van der Waals surface area contributed by atoms with Gasteiger partial charge in [-0.25, -0.2) is 8.42 Å². The van der Waals surface area contributed by atoms with E-state index in [9.17, 15) is 8.42 Å². The molecule has 2 nitrogen and oxygen atoms in total. The maximum Gasteiger partial charge on any atom is 0.173 e. The zero-order chi connectivity index (χ0) is 10.6. The van der Waals surface area contributed by atoms with Crippen molar-refractivity contribution in [2.75, 3.05) is 5.75 Å². The van der Waals surface area contributed by atoms with Crippen molar-refractivity contribution in [3.05, 3.63) is 35.9 Å². The highest BCUT2D eigenvalue weighted by Gasteiger charge is 2.18. The van der Waals surface area contributed by atoms with Crippen molar-refractivity contribution >= 4 is 41.7 Å². The van der Waals surface area contributed by atoms with Gasteiger partial charge >= 0.3 is 0 Å². The molecule has 0 aromatic heterocycles. The molecule has 0 N–H and O–H groups in total. The summed E-state index contributed by atoms with van der Waals surface area (Å²) in [5, 5.41) is 0. The normalized spacial score (nSPS) is 11.9. The minimum Gasteiger partial charge on any atom is -0.227 e. The lowest BCUT2D eigenvalue weighted by Crippen LogP contribution is -2.14. The minimum absolute atomic E-state index is 0.151. The molecule has 0 spiro atoms. The summed E-state index contributed by atoms with van der Waals surface area (Å²) in [5.74, 6) is 0.151. The Bertz CT molecular complexity index is 373. The van der Waals surface area contributed by atoms with Crippen molar-refractivity contribution in [3.63, 3.8) is 0 Å². The Hall–Kier alpha value is 0.130. The van der Waals surface area contributed by atoms with Gasteiger partial charge in [0, 0.05) is 0 Å². The first-order valence-corrected chi connectivity index (χ1v) is 7.61. The van der Waals surface area contributed by atoms with Crippen molar-refractivity contribution in [2.24, 2.45) is 0 Å². The van der Waals surface area contributed by atoms with E-state index >= 15 is 0 Å². The van der Waals surface area contributed by atoms with Crippen LogP contribution in [-0.4, -0.2) is 17.2 Å². The summed E-state index contributed by atoms with van der Waals surface area (Å²) in [5.41, 5.74) is 1.04. The molecule has 0 atom stereocenters. The summed E-state index contributed by atoms with van der Waals surface area (Å²) in [4.78, 5) is 0. The summed E-state index contributed by atoms with van der Waals surface area (Å²) >= 11 is 6.00. The maximum atomic E-state index is 11.4. The van der Waals surface area contributed by atoms with E-state index in [0.29, 0.717) is 6.42 Å². The van der Waals surface area contributed by atoms with Gasteiger partial charge in [0.1, 0.15) is 0 Å². The Morgan fingerprint density at radius 3 is 2.21 bits per heavy atom. The predicted octanol–water partition coefficient (Wildman–Crippen LogP) is 2.72. The number of aryl methyl sites for hydroxylation is 1. The van der Waals surface area contributed by atoms with Crippen LogP contribution in [0.3, 0.4) is 0 Å². The lowest BCUT2D eigenvalue weighted by atomic mass is 10.2. The molecule has 0 aliphatic carbocycles. The van der Waals surface area contributed by atoms with E-state index in [2.05, 4.69) is 31.9 Å². The smallest absolute Gasteiger partial charge is 0.173 e. The van der Waals surface area contributed by atoms with E-state index < -0.39 is 12.9 Å². The van der Waals surface area contributed by atoms with E-state index in [1.807, 2.05) is 30.3 Å². The van der Waals surface area contributed by atoms with Crippen LogP contribution in [0.5, 0.6) is 0 Å². The molecule has 0 amide bonds. The molecule has 0 saturated heterocycles. The summed E-state index contributed by atoms with van der Waals surface area (Å²) < 4.78 is 22.2. The molecule has 0 heterocycles. The Morgan fingerprint density at radius 2 is 1.71 bits per heavy atom. The second kappa shape index (κ2) is 5.28. The van der Waals surface area contributed by atoms with Gasteiger partial charge in [-0.1, -0.05) is 62.2 Å². The molecule has 0 unspecified atom stereocenters. The maximum absolute atomic E-state index is 11.4. The van der Waals surface area contributed by atoms with Crippen molar-refractivity contribution in [3.8, 4) is 0 Å². The van der Waals surface area contributed by atoms with Crippen molar-refractivity contribution in [1.29, 1.82) is 0 Å². The topological polar surface area (TPSA) is 34.1 Å². The number of rotatable bonds is 4. The fraction of sp³-hybridized carbons (Fsp3) is 0.333. The number of alkyl halides is 2. The molecule has 5 heteroatoms. The van der Waals surface area contributed by atoms with Gasteiger partial charge in [0.2, 0.25) is 0 Å². The SMILES string of the molecule is O=S(=O)(CCc1ccccc1)C(Br)Br. The molecule has 1 rings (SSSR count). The largest absolute Gasteiger partial charge is 0.227 e. The number of sulfone groups is 1. The Kier molecular flexibility index (Phi) is 4.60. The van der Waals surface area contributed by atoms with Crippen LogP contribution in [0.25, 0.3) is 0 Å². The van der Waals surface area contributed by atoms with Gasteiger partial charge < -0.3 is 0 Å². The predicted molar refractivity (Wildman–Crippen MR) is 65.6 cm³/mol. The van der Waals surface area contributed by atoms with Gasteiger partial charge in [-0.3, -0.25) is 0 Å². The molecule has 1 aromatic rings. The van der Waals surface area contributed by atoms with Gasteiger partial charge in [0.05, 0.1) is 5.75 Å². The second-order valence-corrected chi connectivity index (χ2v) is 9.34. The Labute approximate surface area is 101 Å². The highest BCUT2D eigenvalue weighted by atomic mass is 79.9. The third-order valence-corrected chi connectivity index (χ3v) is 6.52. The van der Waals surface area contributed by atoms with Crippen LogP contribution in [-0.2, 0) is 16.3 Å². The van der Waals surface area contributed by atoms with Crippen LogP contribution < -0.4 is 0 Å². The zero-order valence-corrected chi connectivity index (χ0v) is 11.3. The quantitative estimate of drug-likeness (QED) is 0.789.